The van der Waals surface area contributed by atoms with Crippen LogP contribution in [0.3, 0.4) is 0 Å². The number of nitrogens with one attached hydrogen (secondary N) is 1. The first-order valence-electron chi connectivity index (χ1n) is 9.35. The molecule has 1 amide bonds. The van der Waals surface area contributed by atoms with E-state index in [0.717, 1.165) is 5.56 Å². The van der Waals surface area contributed by atoms with E-state index in [0.29, 0.717) is 23.7 Å². The van der Waals surface area contributed by atoms with Gasteiger partial charge in [-0.25, -0.2) is 9.37 Å². The average Bonchev–Trinajstić information content (AvgIpc) is 3.03. The number of carbonyl (C=O) groups is 1. The van der Waals surface area contributed by atoms with Crippen LogP contribution < -0.4 is 15.0 Å². The Balaban J connectivity index is 1.45. The van der Waals surface area contributed by atoms with Crippen molar-refractivity contribution in [2.24, 2.45) is 0 Å². The Morgan fingerprint density at radius 3 is 3.10 bits per heavy atom. The number of anilines is 1. The molecule has 30 heavy (non-hydrogen) atoms. The molecule has 1 aliphatic heterocycles. The summed E-state index contributed by atoms with van der Waals surface area (Å²) < 4.78 is 21.5. The predicted octanol–water partition coefficient (Wildman–Crippen LogP) is 1.96. The average molecular weight is 406 g/mol. The van der Waals surface area contributed by atoms with Gasteiger partial charge in [0.25, 0.3) is 5.91 Å². The van der Waals surface area contributed by atoms with E-state index in [-0.39, 0.29) is 24.9 Å². The number of hydrogen-bond acceptors (Lipinski definition) is 6. The van der Waals surface area contributed by atoms with Crippen molar-refractivity contribution in [1.29, 1.82) is 5.26 Å². The number of nitriles is 1. The fourth-order valence-corrected chi connectivity index (χ4v) is 3.34. The quantitative estimate of drug-likeness (QED) is 0.712. The first-order chi connectivity index (χ1) is 14.5. The summed E-state index contributed by atoms with van der Waals surface area (Å²) in [5.74, 6) is -0.00848. The number of pyridine rings is 1. The Morgan fingerprint density at radius 1 is 1.40 bits per heavy atom. The third-order valence-corrected chi connectivity index (χ3v) is 4.71. The molecule has 0 saturated heterocycles. The summed E-state index contributed by atoms with van der Waals surface area (Å²) in [4.78, 5) is 18.8. The smallest absolute Gasteiger partial charge is 0.275 e. The standard InChI is InChI=1S/C21H19FN6O2/c1-27-11-16(13-30-18-6-3-7-24-20(18)27)25-21(29)19-17(22)12-28(26-19)10-15-5-2-4-14(8-15)9-23/h2-8,12,16H,10-11,13H2,1H3,(H,25,29)/t16-/m1/s1. The SMILES string of the molecule is CN1C[C@@H](NC(=O)c2nn(Cc3cccc(C#N)c3)cc2F)COc2cccnc21. The van der Waals surface area contributed by atoms with Crippen LogP contribution in [0.15, 0.2) is 48.8 Å². The normalized spacial score (nSPS) is 15.5. The van der Waals surface area contributed by atoms with Gasteiger partial charge in [0, 0.05) is 19.8 Å². The summed E-state index contributed by atoms with van der Waals surface area (Å²) in [6, 6.07) is 12.2. The molecule has 0 aliphatic carbocycles. The van der Waals surface area contributed by atoms with E-state index in [1.54, 1.807) is 30.5 Å². The number of nitrogens with zero attached hydrogens (tertiary/aromatic N) is 5. The maximum absolute atomic E-state index is 14.4. The van der Waals surface area contributed by atoms with Gasteiger partial charge in [-0.2, -0.15) is 10.4 Å². The number of benzene rings is 1. The molecule has 0 unspecified atom stereocenters. The molecule has 152 valence electrons. The van der Waals surface area contributed by atoms with E-state index in [1.165, 1.54) is 10.9 Å². The molecule has 0 spiro atoms. The molecular formula is C21H19FN6O2. The fraction of sp³-hybridized carbons (Fsp3) is 0.238. The molecule has 1 N–H and O–H groups in total. The minimum absolute atomic E-state index is 0.234. The highest BCUT2D eigenvalue weighted by Gasteiger charge is 2.25. The molecular weight excluding hydrogens is 387 g/mol. The minimum Gasteiger partial charge on any atom is -0.487 e. The number of aromatic nitrogens is 3. The van der Waals surface area contributed by atoms with Gasteiger partial charge in [-0.05, 0) is 29.8 Å². The highest BCUT2D eigenvalue weighted by molar-refractivity contribution is 5.92. The number of hydrogen-bond donors (Lipinski definition) is 1. The fourth-order valence-electron chi connectivity index (χ4n) is 3.34. The van der Waals surface area contributed by atoms with Crippen molar-refractivity contribution in [1.82, 2.24) is 20.1 Å². The summed E-state index contributed by atoms with van der Waals surface area (Å²) >= 11 is 0. The van der Waals surface area contributed by atoms with E-state index in [1.807, 2.05) is 24.1 Å². The van der Waals surface area contributed by atoms with Crippen molar-refractivity contribution in [2.45, 2.75) is 12.6 Å². The molecule has 3 heterocycles. The number of halogens is 1. The van der Waals surface area contributed by atoms with Gasteiger partial charge in [0.1, 0.15) is 6.61 Å². The van der Waals surface area contributed by atoms with Gasteiger partial charge in [0.2, 0.25) is 0 Å². The van der Waals surface area contributed by atoms with Gasteiger partial charge in [-0.15, -0.1) is 0 Å². The first-order valence-corrected chi connectivity index (χ1v) is 9.35. The molecule has 2 aromatic heterocycles. The van der Waals surface area contributed by atoms with Crippen molar-refractivity contribution in [3.05, 3.63) is 71.4 Å². The summed E-state index contributed by atoms with van der Waals surface area (Å²) in [5.41, 5.74) is 1.01. The highest BCUT2D eigenvalue weighted by atomic mass is 19.1. The van der Waals surface area contributed by atoms with Gasteiger partial charge >= 0.3 is 0 Å². The van der Waals surface area contributed by atoms with Crippen LogP contribution in [0, 0.1) is 17.1 Å². The number of fused-ring (bicyclic) bond motifs is 1. The molecule has 0 saturated carbocycles. The molecule has 1 aliphatic rings. The first kappa shape index (κ1) is 19.4. The number of carbonyl (C=O) groups excluding carboxylic acids is 1. The van der Waals surface area contributed by atoms with Crippen LogP contribution in [0.2, 0.25) is 0 Å². The number of ether oxygens (including phenoxy) is 1. The predicted molar refractivity (Wildman–Crippen MR) is 107 cm³/mol. The Bertz CT molecular complexity index is 1120. The van der Waals surface area contributed by atoms with Crippen LogP contribution in [0.25, 0.3) is 0 Å². The number of likely N-dealkylation sites (N-methyl/N-ethyl adjacent to an activating group) is 1. The zero-order valence-corrected chi connectivity index (χ0v) is 16.2. The molecule has 3 aromatic rings. The molecule has 9 heteroatoms. The third kappa shape index (κ3) is 4.07. The van der Waals surface area contributed by atoms with Gasteiger partial charge in [-0.1, -0.05) is 12.1 Å². The van der Waals surface area contributed by atoms with Crippen molar-refractivity contribution in [2.75, 3.05) is 25.1 Å². The van der Waals surface area contributed by atoms with Crippen molar-refractivity contribution in [3.63, 3.8) is 0 Å². The van der Waals surface area contributed by atoms with Crippen molar-refractivity contribution >= 4 is 11.7 Å². The van der Waals surface area contributed by atoms with Crippen molar-refractivity contribution < 1.29 is 13.9 Å². The van der Waals surface area contributed by atoms with Crippen LogP contribution >= 0.6 is 0 Å². The largest absolute Gasteiger partial charge is 0.487 e. The van der Waals surface area contributed by atoms with Gasteiger partial charge in [0.05, 0.1) is 30.4 Å². The van der Waals surface area contributed by atoms with E-state index in [9.17, 15) is 9.18 Å². The minimum atomic E-state index is -0.711. The van der Waals surface area contributed by atoms with Gasteiger partial charge < -0.3 is 15.0 Å². The number of rotatable bonds is 4. The summed E-state index contributed by atoms with van der Waals surface area (Å²) in [7, 11) is 1.85. The van der Waals surface area contributed by atoms with Crippen molar-refractivity contribution in [3.8, 4) is 11.8 Å². The molecule has 0 bridgehead atoms. The zero-order valence-electron chi connectivity index (χ0n) is 16.2. The topological polar surface area (TPSA) is 96.1 Å². The van der Waals surface area contributed by atoms with Crippen LogP contribution in [-0.2, 0) is 6.54 Å². The van der Waals surface area contributed by atoms with E-state index in [2.05, 4.69) is 21.5 Å². The van der Waals surface area contributed by atoms with Gasteiger partial charge in [0.15, 0.2) is 23.1 Å². The number of amides is 1. The van der Waals surface area contributed by atoms with Gasteiger partial charge in [-0.3, -0.25) is 9.48 Å². The highest BCUT2D eigenvalue weighted by Crippen LogP contribution is 2.26. The molecule has 4 rings (SSSR count). The molecule has 1 aromatic carbocycles. The lowest BCUT2D eigenvalue weighted by Gasteiger charge is -2.21. The molecule has 0 fully saturated rings. The second kappa shape index (κ2) is 8.21. The lowest BCUT2D eigenvalue weighted by Crippen LogP contribution is -2.45. The lowest BCUT2D eigenvalue weighted by molar-refractivity contribution is 0.0915. The monoisotopic (exact) mass is 406 g/mol. The van der Waals surface area contributed by atoms with E-state index in [4.69, 9.17) is 10.00 Å². The van der Waals surface area contributed by atoms with E-state index < -0.39 is 11.7 Å². The Kier molecular flexibility index (Phi) is 5.30. The summed E-state index contributed by atoms with van der Waals surface area (Å²) in [6.07, 6.45) is 2.84. The van der Waals surface area contributed by atoms with Crippen LogP contribution in [0.5, 0.6) is 5.75 Å². The second-order valence-corrected chi connectivity index (χ2v) is 7.02. The second-order valence-electron chi connectivity index (χ2n) is 7.02. The summed E-state index contributed by atoms with van der Waals surface area (Å²) in [6.45, 7) is 0.938. The molecule has 1 atom stereocenters. The van der Waals surface area contributed by atoms with Crippen LogP contribution in [0.1, 0.15) is 21.6 Å². The Hall–Kier alpha value is -3.93. The van der Waals surface area contributed by atoms with Crippen LogP contribution in [-0.4, -0.2) is 46.9 Å². The molecule has 8 nitrogen and oxygen atoms in total. The van der Waals surface area contributed by atoms with Crippen LogP contribution in [0.4, 0.5) is 10.2 Å². The Labute approximate surface area is 172 Å². The van der Waals surface area contributed by atoms with E-state index >= 15 is 0 Å². The summed E-state index contributed by atoms with van der Waals surface area (Å²) in [5, 5.41) is 15.9. The maximum atomic E-state index is 14.4. The molecule has 0 radical (unpaired) electrons. The maximum Gasteiger partial charge on any atom is 0.275 e. The lowest BCUT2D eigenvalue weighted by atomic mass is 10.1. The third-order valence-electron chi connectivity index (χ3n) is 4.71. The zero-order chi connectivity index (χ0) is 21.1. The Morgan fingerprint density at radius 2 is 2.27 bits per heavy atom.